The number of rotatable bonds is 5. The standard InChI is InChI=1S/C24H36N2O5/c1-23-10-5-6-16(23)14-7-8-19-24(2,17(14)9-11-23)12-15(21(28)26-19)20(27)25-18(13-30-3)22(29)31-4/h12,14,16-19H,5-11,13H2,1-4H3,(H,25,27)(H,26,28)/t14-,16-,17+,18?,19?,23-,24+/m0/s1. The summed E-state index contributed by atoms with van der Waals surface area (Å²) in [5.74, 6) is 0.351. The van der Waals surface area contributed by atoms with Crippen LogP contribution < -0.4 is 10.6 Å². The van der Waals surface area contributed by atoms with E-state index in [4.69, 9.17) is 9.47 Å². The van der Waals surface area contributed by atoms with Gasteiger partial charge in [0, 0.05) is 18.6 Å². The molecule has 172 valence electrons. The molecule has 2 unspecified atom stereocenters. The molecule has 3 saturated carbocycles. The summed E-state index contributed by atoms with van der Waals surface area (Å²) in [6.07, 6.45) is 10.3. The zero-order valence-corrected chi connectivity index (χ0v) is 19.2. The number of methoxy groups -OCH3 is 2. The van der Waals surface area contributed by atoms with Crippen LogP contribution in [0.5, 0.6) is 0 Å². The van der Waals surface area contributed by atoms with Crippen molar-refractivity contribution in [1.29, 1.82) is 0 Å². The van der Waals surface area contributed by atoms with Crippen LogP contribution >= 0.6 is 0 Å². The van der Waals surface area contributed by atoms with E-state index < -0.39 is 17.9 Å². The lowest BCUT2D eigenvalue weighted by atomic mass is 9.48. The summed E-state index contributed by atoms with van der Waals surface area (Å²) in [6, 6.07) is -0.895. The van der Waals surface area contributed by atoms with E-state index in [-0.39, 0.29) is 29.5 Å². The summed E-state index contributed by atoms with van der Waals surface area (Å²) in [5.41, 5.74) is 0.305. The van der Waals surface area contributed by atoms with Crippen molar-refractivity contribution in [2.24, 2.45) is 28.6 Å². The number of ether oxygens (including phenoxy) is 2. The van der Waals surface area contributed by atoms with E-state index in [1.54, 1.807) is 0 Å². The monoisotopic (exact) mass is 432 g/mol. The number of carbonyl (C=O) groups excluding carboxylic acids is 3. The first kappa shape index (κ1) is 22.3. The second kappa shape index (κ2) is 8.23. The highest BCUT2D eigenvalue weighted by Gasteiger charge is 2.58. The topological polar surface area (TPSA) is 93.7 Å². The molecule has 7 nitrogen and oxygen atoms in total. The lowest BCUT2D eigenvalue weighted by Crippen LogP contribution is -2.61. The minimum atomic E-state index is -0.949. The molecule has 0 bridgehead atoms. The van der Waals surface area contributed by atoms with Crippen LogP contribution in [0, 0.1) is 28.6 Å². The first-order chi connectivity index (χ1) is 14.7. The van der Waals surface area contributed by atoms with Crippen molar-refractivity contribution < 1.29 is 23.9 Å². The average molecular weight is 433 g/mol. The fraction of sp³-hybridized carbons (Fsp3) is 0.792. The zero-order valence-electron chi connectivity index (χ0n) is 19.2. The van der Waals surface area contributed by atoms with Gasteiger partial charge in [0.2, 0.25) is 0 Å². The number of hydrogen-bond donors (Lipinski definition) is 2. The third-order valence-corrected chi connectivity index (χ3v) is 8.93. The van der Waals surface area contributed by atoms with Crippen molar-refractivity contribution in [3.05, 3.63) is 11.6 Å². The summed E-state index contributed by atoms with van der Waals surface area (Å²) in [4.78, 5) is 37.8. The minimum Gasteiger partial charge on any atom is -0.467 e. The molecule has 0 saturated heterocycles. The molecule has 31 heavy (non-hydrogen) atoms. The van der Waals surface area contributed by atoms with Crippen LogP contribution in [0.4, 0.5) is 0 Å². The Morgan fingerprint density at radius 2 is 1.94 bits per heavy atom. The molecule has 2 amide bonds. The van der Waals surface area contributed by atoms with Gasteiger partial charge in [-0.05, 0) is 61.7 Å². The van der Waals surface area contributed by atoms with E-state index in [9.17, 15) is 14.4 Å². The largest absolute Gasteiger partial charge is 0.467 e. The number of carbonyl (C=O) groups is 3. The molecule has 0 aromatic heterocycles. The first-order valence-electron chi connectivity index (χ1n) is 11.6. The molecular formula is C24H36N2O5. The number of fused-ring (bicyclic) bond motifs is 5. The van der Waals surface area contributed by atoms with E-state index in [1.807, 2.05) is 6.08 Å². The molecule has 4 aliphatic rings. The molecule has 0 radical (unpaired) electrons. The number of amides is 2. The van der Waals surface area contributed by atoms with Crippen LogP contribution in [-0.2, 0) is 23.9 Å². The predicted octanol–water partition coefficient (Wildman–Crippen LogP) is 2.35. The van der Waals surface area contributed by atoms with Crippen LogP contribution in [0.25, 0.3) is 0 Å². The Balaban J connectivity index is 1.60. The summed E-state index contributed by atoms with van der Waals surface area (Å²) in [5, 5.41) is 5.75. The van der Waals surface area contributed by atoms with Gasteiger partial charge in [-0.15, -0.1) is 0 Å². The second-order valence-corrected chi connectivity index (χ2v) is 10.5. The predicted molar refractivity (Wildman–Crippen MR) is 115 cm³/mol. The van der Waals surface area contributed by atoms with Gasteiger partial charge >= 0.3 is 5.97 Å². The van der Waals surface area contributed by atoms with Gasteiger partial charge in [0.1, 0.15) is 5.57 Å². The first-order valence-corrected chi connectivity index (χ1v) is 11.6. The van der Waals surface area contributed by atoms with E-state index in [0.29, 0.717) is 17.3 Å². The van der Waals surface area contributed by atoms with Crippen molar-refractivity contribution in [3.63, 3.8) is 0 Å². The van der Waals surface area contributed by atoms with Gasteiger partial charge < -0.3 is 20.1 Å². The molecule has 3 aliphatic carbocycles. The van der Waals surface area contributed by atoms with Crippen molar-refractivity contribution >= 4 is 17.8 Å². The third-order valence-electron chi connectivity index (χ3n) is 8.93. The minimum absolute atomic E-state index is 0.0157. The van der Waals surface area contributed by atoms with Gasteiger partial charge in [0.25, 0.3) is 11.8 Å². The summed E-state index contributed by atoms with van der Waals surface area (Å²) >= 11 is 0. The molecule has 1 aliphatic heterocycles. The Hall–Kier alpha value is -1.89. The van der Waals surface area contributed by atoms with Gasteiger partial charge in [0.15, 0.2) is 6.04 Å². The molecule has 4 rings (SSSR count). The van der Waals surface area contributed by atoms with Crippen molar-refractivity contribution in [1.82, 2.24) is 10.6 Å². The average Bonchev–Trinajstić information content (AvgIpc) is 3.14. The Bertz CT molecular complexity index is 795. The zero-order chi connectivity index (χ0) is 22.4. The highest BCUT2D eigenvalue weighted by molar-refractivity contribution is 6.19. The van der Waals surface area contributed by atoms with Crippen LogP contribution in [0.2, 0.25) is 0 Å². The Morgan fingerprint density at radius 3 is 2.65 bits per heavy atom. The summed E-state index contributed by atoms with van der Waals surface area (Å²) in [6.45, 7) is 4.67. The molecule has 2 N–H and O–H groups in total. The quantitative estimate of drug-likeness (QED) is 0.514. The summed E-state index contributed by atoms with van der Waals surface area (Å²) in [7, 11) is 2.71. The molecule has 0 aromatic carbocycles. The van der Waals surface area contributed by atoms with E-state index >= 15 is 0 Å². The number of esters is 1. The molecule has 7 heteroatoms. The van der Waals surface area contributed by atoms with E-state index in [2.05, 4.69) is 24.5 Å². The maximum atomic E-state index is 13.0. The van der Waals surface area contributed by atoms with Gasteiger partial charge in [-0.2, -0.15) is 0 Å². The lowest BCUT2D eigenvalue weighted by Gasteiger charge is -2.58. The Morgan fingerprint density at radius 1 is 1.16 bits per heavy atom. The van der Waals surface area contributed by atoms with Crippen LogP contribution in [0.15, 0.2) is 11.6 Å². The number of hydrogen-bond acceptors (Lipinski definition) is 5. The van der Waals surface area contributed by atoms with Gasteiger partial charge in [-0.3, -0.25) is 9.59 Å². The van der Waals surface area contributed by atoms with Crippen LogP contribution in [0.3, 0.4) is 0 Å². The smallest absolute Gasteiger partial charge is 0.330 e. The molecule has 0 aromatic rings. The van der Waals surface area contributed by atoms with Gasteiger partial charge in [0.05, 0.1) is 13.7 Å². The highest BCUT2D eigenvalue weighted by atomic mass is 16.5. The van der Waals surface area contributed by atoms with Gasteiger partial charge in [-0.25, -0.2) is 4.79 Å². The Labute approximate surface area is 184 Å². The van der Waals surface area contributed by atoms with E-state index in [0.717, 1.165) is 25.2 Å². The highest BCUT2D eigenvalue weighted by Crippen LogP contribution is 2.63. The molecule has 7 atom stereocenters. The van der Waals surface area contributed by atoms with Crippen molar-refractivity contribution in [2.75, 3.05) is 20.8 Å². The fourth-order valence-corrected chi connectivity index (χ4v) is 7.31. The summed E-state index contributed by atoms with van der Waals surface area (Å²) < 4.78 is 9.78. The fourth-order valence-electron chi connectivity index (χ4n) is 7.31. The maximum absolute atomic E-state index is 13.0. The van der Waals surface area contributed by atoms with Gasteiger partial charge in [-0.1, -0.05) is 26.3 Å². The van der Waals surface area contributed by atoms with Crippen LogP contribution in [-0.4, -0.2) is 50.7 Å². The maximum Gasteiger partial charge on any atom is 0.330 e. The molecule has 3 fully saturated rings. The molecular weight excluding hydrogens is 396 g/mol. The number of nitrogens with one attached hydrogen (secondary N) is 2. The molecule has 1 heterocycles. The van der Waals surface area contributed by atoms with Crippen molar-refractivity contribution in [2.45, 2.75) is 70.9 Å². The van der Waals surface area contributed by atoms with Crippen molar-refractivity contribution in [3.8, 4) is 0 Å². The lowest BCUT2D eigenvalue weighted by molar-refractivity contribution is -0.146. The SMILES string of the molecule is COCC(NC(=O)C1=C[C@@]2(C)C(CC[C@@H]3[C@H]2CC[C@]2(C)CCC[C@@H]32)NC1=O)C(=O)OC. The normalized spacial score (nSPS) is 39.9. The second-order valence-electron chi connectivity index (χ2n) is 10.5. The van der Waals surface area contributed by atoms with Crippen LogP contribution in [0.1, 0.15) is 58.8 Å². The molecule has 0 spiro atoms. The third kappa shape index (κ3) is 3.69. The Kier molecular flexibility index (Phi) is 5.92. The van der Waals surface area contributed by atoms with E-state index in [1.165, 1.54) is 39.9 Å².